The summed E-state index contributed by atoms with van der Waals surface area (Å²) in [5, 5.41) is 9.07. The molecule has 1 saturated heterocycles. The zero-order valence-electron chi connectivity index (χ0n) is 10.2. The fourth-order valence-electron chi connectivity index (χ4n) is 2.34. The minimum Gasteiger partial charge on any atom is -0.381 e. The van der Waals surface area contributed by atoms with Crippen LogP contribution >= 0.6 is 0 Å². The van der Waals surface area contributed by atoms with E-state index >= 15 is 0 Å². The Hall–Kier alpha value is -1.53. The van der Waals surface area contributed by atoms with Crippen LogP contribution in [-0.2, 0) is 4.74 Å². The molecule has 1 unspecified atom stereocenters. The molecule has 1 atom stereocenters. The second kappa shape index (κ2) is 5.70. The third-order valence-corrected chi connectivity index (χ3v) is 3.22. The van der Waals surface area contributed by atoms with Gasteiger partial charge in [-0.25, -0.2) is 0 Å². The van der Waals surface area contributed by atoms with Crippen LogP contribution in [0.3, 0.4) is 0 Å². The number of ether oxygens (including phenoxy) is 1. The van der Waals surface area contributed by atoms with Crippen LogP contribution in [-0.4, -0.2) is 26.8 Å². The Kier molecular flexibility index (Phi) is 4.00. The lowest BCUT2D eigenvalue weighted by Gasteiger charge is -2.28. The summed E-state index contributed by atoms with van der Waals surface area (Å²) in [4.78, 5) is 2.16. The van der Waals surface area contributed by atoms with Gasteiger partial charge in [0.25, 0.3) is 0 Å². The normalized spacial score (nSPS) is 19.6. The Morgan fingerprint density at radius 3 is 3.00 bits per heavy atom. The third-order valence-electron chi connectivity index (χ3n) is 3.22. The monoisotopic (exact) mass is 230 g/mol. The SMILES string of the molecule is CN(CC1CCCOC1)c1ccccc1C#N. The molecule has 0 bridgehead atoms. The summed E-state index contributed by atoms with van der Waals surface area (Å²) >= 11 is 0. The fourth-order valence-corrected chi connectivity index (χ4v) is 2.34. The van der Waals surface area contributed by atoms with E-state index in [0.29, 0.717) is 5.92 Å². The van der Waals surface area contributed by atoms with Crippen molar-refractivity contribution in [2.45, 2.75) is 12.8 Å². The lowest BCUT2D eigenvalue weighted by Crippen LogP contribution is -2.31. The van der Waals surface area contributed by atoms with Crippen molar-refractivity contribution in [2.24, 2.45) is 5.92 Å². The highest BCUT2D eigenvalue weighted by Crippen LogP contribution is 2.21. The topological polar surface area (TPSA) is 36.3 Å². The van der Waals surface area contributed by atoms with Crippen molar-refractivity contribution in [3.05, 3.63) is 29.8 Å². The summed E-state index contributed by atoms with van der Waals surface area (Å²) in [5.74, 6) is 0.584. The Labute approximate surface area is 103 Å². The first-order valence-electron chi connectivity index (χ1n) is 6.09. The van der Waals surface area contributed by atoms with Crippen LogP contribution in [0.5, 0.6) is 0 Å². The van der Waals surface area contributed by atoms with Crippen molar-refractivity contribution in [1.29, 1.82) is 5.26 Å². The average molecular weight is 230 g/mol. The number of hydrogen-bond acceptors (Lipinski definition) is 3. The molecule has 1 heterocycles. The van der Waals surface area contributed by atoms with Crippen molar-refractivity contribution < 1.29 is 4.74 Å². The van der Waals surface area contributed by atoms with E-state index in [1.165, 1.54) is 6.42 Å². The highest BCUT2D eigenvalue weighted by Gasteiger charge is 2.17. The number of benzene rings is 1. The Balaban J connectivity index is 2.03. The minimum absolute atomic E-state index is 0.584. The van der Waals surface area contributed by atoms with Crippen molar-refractivity contribution in [1.82, 2.24) is 0 Å². The van der Waals surface area contributed by atoms with Gasteiger partial charge in [0.1, 0.15) is 6.07 Å². The molecule has 0 radical (unpaired) electrons. The van der Waals surface area contributed by atoms with Gasteiger partial charge in [0.05, 0.1) is 17.9 Å². The number of nitrogens with zero attached hydrogens (tertiary/aromatic N) is 2. The smallest absolute Gasteiger partial charge is 0.101 e. The fraction of sp³-hybridized carbons (Fsp3) is 0.500. The van der Waals surface area contributed by atoms with Gasteiger partial charge in [-0.1, -0.05) is 12.1 Å². The zero-order chi connectivity index (χ0) is 12.1. The van der Waals surface area contributed by atoms with Crippen LogP contribution in [0.15, 0.2) is 24.3 Å². The second-order valence-electron chi connectivity index (χ2n) is 4.59. The molecule has 17 heavy (non-hydrogen) atoms. The molecule has 1 fully saturated rings. The maximum atomic E-state index is 9.07. The van der Waals surface area contributed by atoms with E-state index in [1.54, 1.807) is 0 Å². The predicted octanol–water partition coefficient (Wildman–Crippen LogP) is 2.42. The van der Waals surface area contributed by atoms with Crippen LogP contribution in [0.1, 0.15) is 18.4 Å². The molecule has 0 amide bonds. The Morgan fingerprint density at radius 2 is 2.29 bits per heavy atom. The van der Waals surface area contributed by atoms with E-state index in [1.807, 2.05) is 31.3 Å². The minimum atomic E-state index is 0.584. The molecule has 0 aliphatic carbocycles. The van der Waals surface area contributed by atoms with Crippen molar-refractivity contribution in [2.75, 3.05) is 31.7 Å². The summed E-state index contributed by atoms with van der Waals surface area (Å²) in [6, 6.07) is 9.99. The number of hydrogen-bond donors (Lipinski definition) is 0. The standard InChI is InChI=1S/C14H18N2O/c1-16(10-12-5-4-8-17-11-12)14-7-3-2-6-13(14)9-15/h2-3,6-7,12H,4-5,8,10-11H2,1H3. The predicted molar refractivity (Wildman–Crippen MR) is 68.0 cm³/mol. The van der Waals surface area contributed by atoms with Crippen molar-refractivity contribution in [3.63, 3.8) is 0 Å². The molecule has 0 N–H and O–H groups in total. The lowest BCUT2D eigenvalue weighted by atomic mass is 10.0. The summed E-state index contributed by atoms with van der Waals surface area (Å²) in [7, 11) is 2.05. The van der Waals surface area contributed by atoms with Crippen molar-refractivity contribution >= 4 is 5.69 Å². The molecule has 2 rings (SSSR count). The first-order valence-corrected chi connectivity index (χ1v) is 6.09. The van der Waals surface area contributed by atoms with Gasteiger partial charge in [-0.2, -0.15) is 5.26 Å². The molecular weight excluding hydrogens is 212 g/mol. The first-order chi connectivity index (χ1) is 8.31. The average Bonchev–Trinajstić information content (AvgIpc) is 2.40. The number of para-hydroxylation sites is 1. The summed E-state index contributed by atoms with van der Waals surface area (Å²) < 4.78 is 5.48. The summed E-state index contributed by atoms with van der Waals surface area (Å²) in [5.41, 5.74) is 1.76. The van der Waals surface area contributed by atoms with Gasteiger partial charge < -0.3 is 9.64 Å². The molecule has 1 aromatic carbocycles. The van der Waals surface area contributed by atoms with E-state index in [4.69, 9.17) is 10.00 Å². The van der Waals surface area contributed by atoms with Crippen LogP contribution in [0, 0.1) is 17.2 Å². The van der Waals surface area contributed by atoms with E-state index in [0.717, 1.165) is 37.4 Å². The van der Waals surface area contributed by atoms with Gasteiger partial charge >= 0.3 is 0 Å². The van der Waals surface area contributed by atoms with Crippen LogP contribution < -0.4 is 4.90 Å². The molecule has 0 aromatic heterocycles. The molecule has 0 saturated carbocycles. The molecule has 90 valence electrons. The quantitative estimate of drug-likeness (QED) is 0.800. The number of nitriles is 1. The first kappa shape index (κ1) is 11.9. The van der Waals surface area contributed by atoms with E-state index in [9.17, 15) is 0 Å². The third kappa shape index (κ3) is 2.98. The highest BCUT2D eigenvalue weighted by molar-refractivity contribution is 5.58. The van der Waals surface area contributed by atoms with Gasteiger partial charge in [-0.15, -0.1) is 0 Å². The van der Waals surface area contributed by atoms with Gasteiger partial charge in [-0.3, -0.25) is 0 Å². The Morgan fingerprint density at radius 1 is 1.47 bits per heavy atom. The summed E-state index contributed by atoms with van der Waals surface area (Å²) in [6.07, 6.45) is 2.37. The lowest BCUT2D eigenvalue weighted by molar-refractivity contribution is 0.0576. The summed E-state index contributed by atoms with van der Waals surface area (Å²) in [6.45, 7) is 2.70. The van der Waals surface area contributed by atoms with Crippen molar-refractivity contribution in [3.8, 4) is 6.07 Å². The van der Waals surface area contributed by atoms with E-state index in [2.05, 4.69) is 11.0 Å². The van der Waals surface area contributed by atoms with Crippen LogP contribution in [0.2, 0.25) is 0 Å². The van der Waals surface area contributed by atoms with Gasteiger partial charge in [-0.05, 0) is 30.9 Å². The van der Waals surface area contributed by atoms with Gasteiger partial charge in [0.2, 0.25) is 0 Å². The molecule has 0 spiro atoms. The van der Waals surface area contributed by atoms with Gasteiger partial charge in [0, 0.05) is 20.2 Å². The van der Waals surface area contributed by atoms with Crippen LogP contribution in [0.25, 0.3) is 0 Å². The molecule has 1 aromatic rings. The van der Waals surface area contributed by atoms with E-state index < -0.39 is 0 Å². The highest BCUT2D eigenvalue weighted by atomic mass is 16.5. The molecule has 3 heteroatoms. The maximum absolute atomic E-state index is 9.07. The maximum Gasteiger partial charge on any atom is 0.101 e. The van der Waals surface area contributed by atoms with Gasteiger partial charge in [0.15, 0.2) is 0 Å². The number of rotatable bonds is 3. The Bertz CT molecular complexity index is 405. The second-order valence-corrected chi connectivity index (χ2v) is 4.59. The van der Waals surface area contributed by atoms with E-state index in [-0.39, 0.29) is 0 Å². The molecular formula is C14H18N2O. The molecule has 3 nitrogen and oxygen atoms in total. The zero-order valence-corrected chi connectivity index (χ0v) is 10.2. The van der Waals surface area contributed by atoms with Crippen LogP contribution in [0.4, 0.5) is 5.69 Å². The molecule has 1 aliphatic heterocycles. The number of anilines is 1. The largest absolute Gasteiger partial charge is 0.381 e. The molecule has 1 aliphatic rings.